The molecule has 1 amide bonds. The van der Waals surface area contributed by atoms with Gasteiger partial charge in [0.1, 0.15) is 5.69 Å². The highest BCUT2D eigenvalue weighted by molar-refractivity contribution is 6.03. The van der Waals surface area contributed by atoms with E-state index in [0.29, 0.717) is 28.0 Å². The third kappa shape index (κ3) is 3.64. The number of hydrogen-bond acceptors (Lipinski definition) is 3. The van der Waals surface area contributed by atoms with Crippen LogP contribution in [0.2, 0.25) is 0 Å². The monoisotopic (exact) mass is 359 g/mol. The van der Waals surface area contributed by atoms with Gasteiger partial charge in [-0.2, -0.15) is 0 Å². The third-order valence-electron chi connectivity index (χ3n) is 3.73. The molecule has 0 bridgehead atoms. The quantitative estimate of drug-likeness (QED) is 0.539. The first kappa shape index (κ1) is 17.4. The van der Waals surface area contributed by atoms with E-state index in [0.717, 1.165) is 0 Å². The van der Waals surface area contributed by atoms with Crippen LogP contribution in [-0.4, -0.2) is 22.0 Å². The highest BCUT2D eigenvalue weighted by Crippen LogP contribution is 2.32. The Morgan fingerprint density at radius 3 is 2.35 bits per heavy atom. The average molecular weight is 359 g/mol. The zero-order valence-electron chi connectivity index (χ0n) is 13.6. The number of carboxylic acids is 1. The second kappa shape index (κ2) is 6.83. The lowest BCUT2D eigenvalue weighted by Crippen LogP contribution is -2.06. The Bertz CT molecular complexity index is 981. The fraction of sp³-hybridized carbons (Fsp3) is 0.111. The van der Waals surface area contributed by atoms with Crippen LogP contribution in [0.5, 0.6) is 0 Å². The molecule has 0 spiro atoms. The first-order valence-electron chi connectivity index (χ1n) is 7.66. The SMILES string of the molecule is CC(=O)Nc1cc(Nc2ccc(C(F)F)cc2)c2cc(C(=O)O)[nH]c2c1. The molecule has 3 rings (SSSR count). The lowest BCUT2D eigenvalue weighted by atomic mass is 10.1. The highest BCUT2D eigenvalue weighted by Gasteiger charge is 2.13. The van der Waals surface area contributed by atoms with Crippen LogP contribution in [0.15, 0.2) is 42.5 Å². The second-order valence-corrected chi connectivity index (χ2v) is 5.70. The number of aromatic carboxylic acids is 1. The number of aromatic nitrogens is 1. The number of carbonyl (C=O) groups is 2. The fourth-order valence-corrected chi connectivity index (χ4v) is 2.60. The topological polar surface area (TPSA) is 94.2 Å². The van der Waals surface area contributed by atoms with E-state index < -0.39 is 12.4 Å². The van der Waals surface area contributed by atoms with Gasteiger partial charge in [-0.05, 0) is 30.3 Å². The van der Waals surface area contributed by atoms with Crippen LogP contribution in [0.4, 0.5) is 25.8 Å². The summed E-state index contributed by atoms with van der Waals surface area (Å²) in [7, 11) is 0. The number of carboxylic acid groups (broad SMARTS) is 1. The molecule has 3 aromatic rings. The summed E-state index contributed by atoms with van der Waals surface area (Å²) in [5.74, 6) is -1.39. The molecular weight excluding hydrogens is 344 g/mol. The number of halogens is 2. The van der Waals surface area contributed by atoms with E-state index in [2.05, 4.69) is 15.6 Å². The van der Waals surface area contributed by atoms with Gasteiger partial charge in [0.2, 0.25) is 5.91 Å². The van der Waals surface area contributed by atoms with Gasteiger partial charge in [0, 0.05) is 29.2 Å². The van der Waals surface area contributed by atoms with Crippen molar-refractivity contribution in [3.05, 3.63) is 53.7 Å². The van der Waals surface area contributed by atoms with Gasteiger partial charge in [-0.1, -0.05) is 12.1 Å². The molecule has 0 aliphatic rings. The predicted molar refractivity (Wildman–Crippen MR) is 94.2 cm³/mol. The van der Waals surface area contributed by atoms with Crippen LogP contribution in [0.25, 0.3) is 10.9 Å². The summed E-state index contributed by atoms with van der Waals surface area (Å²) in [4.78, 5) is 25.3. The van der Waals surface area contributed by atoms with Crippen molar-refractivity contribution < 1.29 is 23.5 Å². The van der Waals surface area contributed by atoms with Gasteiger partial charge < -0.3 is 20.7 Å². The van der Waals surface area contributed by atoms with Gasteiger partial charge >= 0.3 is 5.97 Å². The van der Waals surface area contributed by atoms with Crippen LogP contribution in [0.3, 0.4) is 0 Å². The number of nitrogens with one attached hydrogen (secondary N) is 3. The largest absolute Gasteiger partial charge is 0.477 e. The summed E-state index contributed by atoms with van der Waals surface area (Å²) in [6.07, 6.45) is -2.55. The Hall–Kier alpha value is -3.42. The van der Waals surface area contributed by atoms with Crippen molar-refractivity contribution >= 4 is 39.8 Å². The van der Waals surface area contributed by atoms with Gasteiger partial charge in [-0.25, -0.2) is 13.6 Å². The number of fused-ring (bicyclic) bond motifs is 1. The molecule has 0 radical (unpaired) electrons. The smallest absolute Gasteiger partial charge is 0.352 e. The van der Waals surface area contributed by atoms with Crippen molar-refractivity contribution in [2.45, 2.75) is 13.3 Å². The third-order valence-corrected chi connectivity index (χ3v) is 3.73. The average Bonchev–Trinajstić information content (AvgIpc) is 2.99. The molecule has 134 valence electrons. The second-order valence-electron chi connectivity index (χ2n) is 5.70. The van der Waals surface area contributed by atoms with Crippen LogP contribution in [-0.2, 0) is 4.79 Å². The maximum atomic E-state index is 12.7. The first-order valence-corrected chi connectivity index (χ1v) is 7.66. The van der Waals surface area contributed by atoms with Crippen molar-refractivity contribution in [3.8, 4) is 0 Å². The molecule has 0 fully saturated rings. The normalized spacial score (nSPS) is 10.9. The zero-order valence-corrected chi connectivity index (χ0v) is 13.6. The van der Waals surface area contributed by atoms with Crippen molar-refractivity contribution in [3.63, 3.8) is 0 Å². The lowest BCUT2D eigenvalue weighted by molar-refractivity contribution is -0.114. The molecule has 2 aromatic carbocycles. The van der Waals surface area contributed by atoms with Crippen molar-refractivity contribution in [2.75, 3.05) is 10.6 Å². The van der Waals surface area contributed by atoms with Gasteiger partial charge in [0.25, 0.3) is 6.43 Å². The summed E-state index contributed by atoms with van der Waals surface area (Å²) in [6.45, 7) is 1.36. The summed E-state index contributed by atoms with van der Waals surface area (Å²) in [6, 6.07) is 10.3. The minimum absolute atomic E-state index is 0.00364. The van der Waals surface area contributed by atoms with Crippen LogP contribution >= 0.6 is 0 Å². The number of alkyl halides is 2. The number of aromatic amines is 1. The van der Waals surface area contributed by atoms with Gasteiger partial charge in [0.15, 0.2) is 0 Å². The van der Waals surface area contributed by atoms with E-state index in [1.54, 1.807) is 12.1 Å². The maximum Gasteiger partial charge on any atom is 0.352 e. The van der Waals surface area contributed by atoms with Crippen LogP contribution < -0.4 is 10.6 Å². The van der Waals surface area contributed by atoms with Gasteiger partial charge in [-0.15, -0.1) is 0 Å². The molecule has 0 saturated heterocycles. The Kier molecular flexibility index (Phi) is 4.57. The molecule has 26 heavy (non-hydrogen) atoms. The van der Waals surface area contributed by atoms with E-state index in [1.807, 2.05) is 0 Å². The first-order chi connectivity index (χ1) is 12.3. The molecule has 0 unspecified atom stereocenters. The van der Waals surface area contributed by atoms with Crippen molar-refractivity contribution in [1.82, 2.24) is 4.98 Å². The summed E-state index contributed by atoms with van der Waals surface area (Å²) in [5.41, 5.74) is 1.96. The zero-order chi connectivity index (χ0) is 18.8. The number of benzene rings is 2. The number of H-pyrrole nitrogens is 1. The molecule has 8 heteroatoms. The maximum absolute atomic E-state index is 12.7. The fourth-order valence-electron chi connectivity index (χ4n) is 2.60. The molecule has 0 aliphatic heterocycles. The van der Waals surface area contributed by atoms with E-state index >= 15 is 0 Å². The van der Waals surface area contributed by atoms with Crippen LogP contribution in [0, 0.1) is 0 Å². The standard InChI is InChI=1S/C18H15F2N3O3/c1-9(24)21-12-6-14(13-8-16(18(25)26)23-15(13)7-12)22-11-4-2-10(3-5-11)17(19)20/h2-8,17,22-23H,1H3,(H,21,24)(H,25,26). The Balaban J connectivity index is 2.03. The molecule has 1 heterocycles. The van der Waals surface area contributed by atoms with Crippen molar-refractivity contribution in [1.29, 1.82) is 0 Å². The number of anilines is 3. The van der Waals surface area contributed by atoms with Gasteiger partial charge in [-0.3, -0.25) is 4.79 Å². The van der Waals surface area contributed by atoms with E-state index in [-0.39, 0.29) is 17.2 Å². The molecular formula is C18H15F2N3O3. The number of carbonyl (C=O) groups excluding carboxylic acids is 1. The molecule has 6 nitrogen and oxygen atoms in total. The van der Waals surface area contributed by atoms with Crippen LogP contribution in [0.1, 0.15) is 29.4 Å². The molecule has 0 aliphatic carbocycles. The van der Waals surface area contributed by atoms with E-state index in [1.165, 1.54) is 37.3 Å². The number of amides is 1. The predicted octanol–water partition coefficient (Wildman–Crippen LogP) is 4.51. The van der Waals surface area contributed by atoms with Gasteiger partial charge in [0.05, 0.1) is 11.2 Å². The number of rotatable bonds is 5. The Morgan fingerprint density at radius 1 is 1.08 bits per heavy atom. The lowest BCUT2D eigenvalue weighted by Gasteiger charge is -2.11. The van der Waals surface area contributed by atoms with E-state index in [9.17, 15) is 23.5 Å². The molecule has 0 saturated carbocycles. The van der Waals surface area contributed by atoms with E-state index in [4.69, 9.17) is 0 Å². The molecule has 1 aromatic heterocycles. The Morgan fingerprint density at radius 2 is 1.77 bits per heavy atom. The summed E-state index contributed by atoms with van der Waals surface area (Å²) in [5, 5.41) is 15.5. The van der Waals surface area contributed by atoms with Crippen molar-refractivity contribution in [2.24, 2.45) is 0 Å². The molecule has 4 N–H and O–H groups in total. The molecule has 0 atom stereocenters. The number of hydrogen-bond donors (Lipinski definition) is 4. The Labute approximate surface area is 146 Å². The summed E-state index contributed by atoms with van der Waals surface area (Å²) < 4.78 is 25.3. The summed E-state index contributed by atoms with van der Waals surface area (Å²) >= 11 is 0. The highest BCUT2D eigenvalue weighted by atomic mass is 19.3. The minimum Gasteiger partial charge on any atom is -0.477 e. The minimum atomic E-state index is -2.55.